The van der Waals surface area contributed by atoms with Crippen molar-refractivity contribution in [3.05, 3.63) is 28.3 Å². The Hall–Kier alpha value is -2.15. The monoisotopic (exact) mass is 294 g/mol. The van der Waals surface area contributed by atoms with E-state index in [1.54, 1.807) is 0 Å². The third-order valence-corrected chi connectivity index (χ3v) is 3.47. The van der Waals surface area contributed by atoms with Gasteiger partial charge in [-0.2, -0.15) is 0 Å². The summed E-state index contributed by atoms with van der Waals surface area (Å²) in [5, 5.41) is 22.6. The number of anilines is 1. The molecule has 2 rings (SSSR count). The summed E-state index contributed by atoms with van der Waals surface area (Å²) in [5.41, 5.74) is -0.133. The van der Waals surface area contributed by atoms with Gasteiger partial charge in [-0.1, -0.05) is 0 Å². The number of amides is 1. The van der Waals surface area contributed by atoms with E-state index in [0.717, 1.165) is 18.9 Å². The minimum absolute atomic E-state index is 0.111. The molecule has 1 saturated heterocycles. The van der Waals surface area contributed by atoms with Gasteiger partial charge in [0.1, 0.15) is 0 Å². The highest BCUT2D eigenvalue weighted by atomic mass is 16.6. The van der Waals surface area contributed by atoms with Crippen LogP contribution in [-0.4, -0.2) is 28.1 Å². The lowest BCUT2D eigenvalue weighted by Crippen LogP contribution is -2.16. The Bertz CT molecular complexity index is 546. The molecule has 0 radical (unpaired) electrons. The number of ether oxygens (including phenoxy) is 1. The predicted molar refractivity (Wildman–Crippen MR) is 76.2 cm³/mol. The number of carbonyl (C=O) groups excluding carboxylic acids is 1. The van der Waals surface area contributed by atoms with Gasteiger partial charge in [0.25, 0.3) is 0 Å². The van der Waals surface area contributed by atoms with Crippen molar-refractivity contribution in [2.45, 2.75) is 44.8 Å². The van der Waals surface area contributed by atoms with Crippen molar-refractivity contribution in [1.82, 2.24) is 0 Å². The molecule has 2 atom stereocenters. The summed E-state index contributed by atoms with van der Waals surface area (Å²) in [5.74, 6) is -0.649. The Morgan fingerprint density at radius 1 is 1.52 bits per heavy atom. The molecule has 0 saturated carbocycles. The van der Waals surface area contributed by atoms with Gasteiger partial charge in [-0.05, 0) is 38.3 Å². The summed E-state index contributed by atoms with van der Waals surface area (Å²) in [6.07, 6.45) is 3.26. The number of hydrogen-bond donors (Lipinski definition) is 2. The number of benzene rings is 1. The van der Waals surface area contributed by atoms with Crippen LogP contribution in [0.5, 0.6) is 5.75 Å². The van der Waals surface area contributed by atoms with Crippen molar-refractivity contribution >= 4 is 17.3 Å². The molecule has 1 aliphatic rings. The van der Waals surface area contributed by atoms with Crippen LogP contribution in [0, 0.1) is 10.1 Å². The fraction of sp³-hybridized carbons (Fsp3) is 0.500. The van der Waals surface area contributed by atoms with Gasteiger partial charge in [0, 0.05) is 18.2 Å². The Morgan fingerprint density at radius 3 is 2.90 bits per heavy atom. The predicted octanol–water partition coefficient (Wildman–Crippen LogP) is 2.59. The molecule has 1 aromatic rings. The molecule has 114 valence electrons. The van der Waals surface area contributed by atoms with E-state index < -0.39 is 16.4 Å². The highest BCUT2D eigenvalue weighted by Gasteiger charge is 2.22. The van der Waals surface area contributed by atoms with Gasteiger partial charge in [0.2, 0.25) is 5.91 Å². The van der Waals surface area contributed by atoms with Gasteiger partial charge in [-0.3, -0.25) is 14.9 Å². The summed E-state index contributed by atoms with van der Waals surface area (Å²) in [6.45, 7) is 2.01. The first-order valence-corrected chi connectivity index (χ1v) is 6.88. The van der Waals surface area contributed by atoms with Crippen LogP contribution in [0.25, 0.3) is 0 Å². The van der Waals surface area contributed by atoms with Gasteiger partial charge >= 0.3 is 5.69 Å². The molecule has 1 amide bonds. The Kier molecular flexibility index (Phi) is 4.74. The number of rotatable bonds is 5. The molecule has 0 aliphatic carbocycles. The number of nitrogens with one attached hydrogen (secondary N) is 1. The lowest BCUT2D eigenvalue weighted by atomic mass is 10.1. The second kappa shape index (κ2) is 6.53. The molecule has 0 unspecified atom stereocenters. The van der Waals surface area contributed by atoms with Crippen molar-refractivity contribution in [3.63, 3.8) is 0 Å². The third kappa shape index (κ3) is 4.16. The number of nitrogens with zero attached hydrogens (tertiary/aromatic N) is 1. The molecular formula is C14H18N2O5. The van der Waals surface area contributed by atoms with Gasteiger partial charge in [0.05, 0.1) is 17.1 Å². The SMILES string of the molecule is C[C@H]1CC[C@H](CCC(=O)Nc2ccc(O)c([N+](=O)[O-])c2)O1. The number of nitro groups is 1. The summed E-state index contributed by atoms with van der Waals surface area (Å²) >= 11 is 0. The molecule has 0 spiro atoms. The van der Waals surface area contributed by atoms with Crippen LogP contribution < -0.4 is 5.32 Å². The zero-order valence-electron chi connectivity index (χ0n) is 11.7. The number of hydrogen-bond acceptors (Lipinski definition) is 5. The number of aromatic hydroxyl groups is 1. The molecule has 1 aromatic carbocycles. The molecule has 1 fully saturated rings. The maximum Gasteiger partial charge on any atom is 0.312 e. The second-order valence-corrected chi connectivity index (χ2v) is 5.19. The second-order valence-electron chi connectivity index (χ2n) is 5.19. The summed E-state index contributed by atoms with van der Waals surface area (Å²) in [7, 11) is 0. The number of carbonyl (C=O) groups is 1. The van der Waals surface area contributed by atoms with Crippen molar-refractivity contribution in [2.24, 2.45) is 0 Å². The van der Waals surface area contributed by atoms with E-state index >= 15 is 0 Å². The smallest absolute Gasteiger partial charge is 0.312 e. The van der Waals surface area contributed by atoms with Gasteiger partial charge in [-0.25, -0.2) is 0 Å². The van der Waals surface area contributed by atoms with E-state index in [1.165, 1.54) is 12.1 Å². The first kappa shape index (κ1) is 15.2. The van der Waals surface area contributed by atoms with Crippen LogP contribution in [0.15, 0.2) is 18.2 Å². The number of phenolic OH excluding ortho intramolecular Hbond substituents is 1. The largest absolute Gasteiger partial charge is 0.502 e. The van der Waals surface area contributed by atoms with Gasteiger partial charge < -0.3 is 15.2 Å². The normalized spacial score (nSPS) is 21.2. The van der Waals surface area contributed by atoms with Crippen LogP contribution in [0.1, 0.15) is 32.6 Å². The Balaban J connectivity index is 1.87. The number of phenols is 1. The van der Waals surface area contributed by atoms with E-state index in [9.17, 15) is 20.0 Å². The first-order chi connectivity index (χ1) is 9.95. The van der Waals surface area contributed by atoms with Crippen LogP contribution in [0.2, 0.25) is 0 Å². The Labute approximate surface area is 122 Å². The highest BCUT2D eigenvalue weighted by Crippen LogP contribution is 2.29. The first-order valence-electron chi connectivity index (χ1n) is 6.88. The standard InChI is InChI=1S/C14H18N2O5/c1-9-2-4-11(21-9)5-7-14(18)15-10-3-6-13(17)12(8-10)16(19)20/h3,6,8-9,11,17H,2,4-5,7H2,1H3,(H,15,18)/t9-,11+/m0/s1. The lowest BCUT2D eigenvalue weighted by Gasteiger charge is -2.11. The lowest BCUT2D eigenvalue weighted by molar-refractivity contribution is -0.385. The maximum absolute atomic E-state index is 11.8. The molecule has 7 nitrogen and oxygen atoms in total. The molecule has 7 heteroatoms. The van der Waals surface area contributed by atoms with Crippen LogP contribution in [0.4, 0.5) is 11.4 Å². The molecular weight excluding hydrogens is 276 g/mol. The van der Waals surface area contributed by atoms with E-state index in [4.69, 9.17) is 4.74 Å². The molecule has 0 bridgehead atoms. The highest BCUT2D eigenvalue weighted by molar-refractivity contribution is 5.91. The maximum atomic E-state index is 11.8. The Morgan fingerprint density at radius 2 is 2.29 bits per heavy atom. The summed E-state index contributed by atoms with van der Waals surface area (Å²) in [4.78, 5) is 21.8. The zero-order chi connectivity index (χ0) is 15.4. The minimum atomic E-state index is -0.696. The summed E-state index contributed by atoms with van der Waals surface area (Å²) < 4.78 is 5.63. The van der Waals surface area contributed by atoms with E-state index in [1.807, 2.05) is 6.92 Å². The topological polar surface area (TPSA) is 102 Å². The summed E-state index contributed by atoms with van der Waals surface area (Å²) in [6, 6.07) is 3.76. The van der Waals surface area contributed by atoms with Crippen LogP contribution >= 0.6 is 0 Å². The average molecular weight is 294 g/mol. The van der Waals surface area contributed by atoms with Crippen LogP contribution in [-0.2, 0) is 9.53 Å². The van der Waals surface area contributed by atoms with Gasteiger partial charge in [-0.15, -0.1) is 0 Å². The fourth-order valence-corrected chi connectivity index (χ4v) is 2.36. The molecule has 1 heterocycles. The third-order valence-electron chi connectivity index (χ3n) is 3.47. The molecule has 1 aliphatic heterocycles. The van der Waals surface area contributed by atoms with Crippen molar-refractivity contribution in [3.8, 4) is 5.75 Å². The van der Waals surface area contributed by atoms with E-state index in [0.29, 0.717) is 18.5 Å². The fourth-order valence-electron chi connectivity index (χ4n) is 2.36. The quantitative estimate of drug-likeness (QED) is 0.493. The van der Waals surface area contributed by atoms with Crippen molar-refractivity contribution in [1.29, 1.82) is 0 Å². The number of nitro benzene ring substituents is 1. The average Bonchev–Trinajstić information content (AvgIpc) is 2.84. The van der Waals surface area contributed by atoms with Crippen LogP contribution in [0.3, 0.4) is 0 Å². The molecule has 2 N–H and O–H groups in total. The van der Waals surface area contributed by atoms with E-state index in [-0.39, 0.29) is 18.1 Å². The van der Waals surface area contributed by atoms with Gasteiger partial charge in [0.15, 0.2) is 5.75 Å². The minimum Gasteiger partial charge on any atom is -0.502 e. The zero-order valence-corrected chi connectivity index (χ0v) is 11.7. The van der Waals surface area contributed by atoms with Crippen molar-refractivity contribution < 1.29 is 19.6 Å². The van der Waals surface area contributed by atoms with E-state index in [2.05, 4.69) is 5.32 Å². The molecule has 21 heavy (non-hydrogen) atoms. The van der Waals surface area contributed by atoms with Crippen molar-refractivity contribution in [2.75, 3.05) is 5.32 Å². The molecule has 0 aromatic heterocycles.